The van der Waals surface area contributed by atoms with Crippen LogP contribution in [0, 0.1) is 0 Å². The van der Waals surface area contributed by atoms with Crippen molar-refractivity contribution in [2.24, 2.45) is 0 Å². The molecule has 0 spiro atoms. The number of aromatic nitrogens is 2. The lowest BCUT2D eigenvalue weighted by molar-refractivity contribution is -0.131. The molecule has 1 unspecified atom stereocenters. The Balaban J connectivity index is 1.40. The van der Waals surface area contributed by atoms with E-state index >= 15 is 0 Å². The van der Waals surface area contributed by atoms with Crippen LogP contribution in [0.15, 0.2) is 60.1 Å². The van der Waals surface area contributed by atoms with E-state index in [-0.39, 0.29) is 11.9 Å². The summed E-state index contributed by atoms with van der Waals surface area (Å²) in [5.74, 6) is 1.68. The molecule has 164 valence electrons. The molecule has 32 heavy (non-hydrogen) atoms. The van der Waals surface area contributed by atoms with Crippen molar-refractivity contribution in [1.82, 2.24) is 14.3 Å². The Kier molecular flexibility index (Phi) is 5.57. The van der Waals surface area contributed by atoms with Crippen molar-refractivity contribution in [2.45, 2.75) is 25.3 Å². The number of hydrogen-bond donors (Lipinski definition) is 0. The smallest absolute Gasteiger partial charge is 0.229 e. The molecule has 1 atom stereocenters. The molecule has 0 N–H and O–H groups in total. The van der Waals surface area contributed by atoms with E-state index in [9.17, 15) is 4.79 Å². The molecule has 4 aromatic rings. The molecular weight excluding hydrogens is 422 g/mol. The molecule has 1 aliphatic rings. The number of carbonyl (C=O) groups excluding carboxylic acids is 1. The first-order chi connectivity index (χ1) is 15.7. The highest BCUT2D eigenvalue weighted by atomic mass is 32.1. The minimum absolute atomic E-state index is 0.00987. The molecule has 1 saturated heterocycles. The van der Waals surface area contributed by atoms with E-state index in [1.807, 2.05) is 69.4 Å². The highest BCUT2D eigenvalue weighted by Gasteiger charge is 2.32. The normalized spacial score (nSPS) is 15.9. The second-order valence-electron chi connectivity index (χ2n) is 7.90. The van der Waals surface area contributed by atoms with Gasteiger partial charge in [0.05, 0.1) is 32.4 Å². The van der Waals surface area contributed by atoms with Crippen molar-refractivity contribution in [3.63, 3.8) is 0 Å². The fourth-order valence-electron chi connectivity index (χ4n) is 4.45. The molecule has 2 aromatic carbocycles. The largest absolute Gasteiger partial charge is 0.497 e. The van der Waals surface area contributed by atoms with Crippen molar-refractivity contribution in [2.75, 3.05) is 20.8 Å². The minimum Gasteiger partial charge on any atom is -0.497 e. The topological polar surface area (TPSA) is 56.1 Å². The van der Waals surface area contributed by atoms with Gasteiger partial charge in [-0.15, -0.1) is 11.3 Å². The molecule has 0 aliphatic carbocycles. The zero-order chi connectivity index (χ0) is 22.1. The summed E-state index contributed by atoms with van der Waals surface area (Å²) in [4.78, 5) is 21.0. The fourth-order valence-corrected chi connectivity index (χ4v) is 5.32. The number of carbonyl (C=O) groups is 1. The summed E-state index contributed by atoms with van der Waals surface area (Å²) in [5, 5.41) is 2.03. The van der Waals surface area contributed by atoms with Crippen molar-refractivity contribution in [3.05, 3.63) is 71.4 Å². The second-order valence-corrected chi connectivity index (χ2v) is 8.74. The highest BCUT2D eigenvalue weighted by molar-refractivity contribution is 7.15. The lowest BCUT2D eigenvalue weighted by atomic mass is 10.0. The summed E-state index contributed by atoms with van der Waals surface area (Å²) in [6.45, 7) is 0.746. The maximum absolute atomic E-state index is 13.4. The van der Waals surface area contributed by atoms with Gasteiger partial charge in [-0.2, -0.15) is 0 Å². The Morgan fingerprint density at radius 3 is 2.78 bits per heavy atom. The Hall–Kier alpha value is -3.32. The van der Waals surface area contributed by atoms with Crippen molar-refractivity contribution in [1.29, 1.82) is 0 Å². The second kappa shape index (κ2) is 8.67. The molecule has 0 radical (unpaired) electrons. The lowest BCUT2D eigenvalue weighted by Crippen LogP contribution is -2.32. The average Bonchev–Trinajstić information content (AvgIpc) is 3.56. The molecule has 1 fully saturated rings. The SMILES string of the molecule is COc1ccc(OC)c(C2CCCN2C(=O)Cc2csc3nc(-c4ccccc4)cn23)c1. The van der Waals surface area contributed by atoms with Gasteiger partial charge in [0, 0.05) is 34.9 Å². The molecule has 5 rings (SSSR count). The van der Waals surface area contributed by atoms with Crippen LogP contribution in [0.25, 0.3) is 16.2 Å². The molecule has 1 amide bonds. The standard InChI is InChI=1S/C25H25N3O3S/c1-30-19-10-11-23(31-2)20(14-19)22-9-6-12-27(22)24(29)13-18-16-32-25-26-21(15-28(18)25)17-7-4-3-5-8-17/h3-5,7-8,10-11,14-16,22H,6,9,12-13H2,1-2H3. The molecule has 3 heterocycles. The Morgan fingerprint density at radius 2 is 2.00 bits per heavy atom. The van der Waals surface area contributed by atoms with Crippen LogP contribution in [-0.2, 0) is 11.2 Å². The predicted molar refractivity (Wildman–Crippen MR) is 125 cm³/mol. The van der Waals surface area contributed by atoms with Gasteiger partial charge in [0.15, 0.2) is 4.96 Å². The number of rotatable bonds is 6. The third-order valence-corrected chi connectivity index (χ3v) is 6.94. The number of benzene rings is 2. The quantitative estimate of drug-likeness (QED) is 0.418. The van der Waals surface area contributed by atoms with E-state index in [1.54, 1.807) is 25.6 Å². The number of ether oxygens (including phenoxy) is 2. The van der Waals surface area contributed by atoms with Crippen LogP contribution >= 0.6 is 11.3 Å². The van der Waals surface area contributed by atoms with Crippen LogP contribution in [0.3, 0.4) is 0 Å². The van der Waals surface area contributed by atoms with E-state index in [4.69, 9.17) is 14.5 Å². The molecule has 1 aliphatic heterocycles. The van der Waals surface area contributed by atoms with Gasteiger partial charge in [0.1, 0.15) is 11.5 Å². The Labute approximate surface area is 191 Å². The van der Waals surface area contributed by atoms with Crippen LogP contribution in [0.5, 0.6) is 11.5 Å². The number of fused-ring (bicyclic) bond motifs is 1. The zero-order valence-corrected chi connectivity index (χ0v) is 19.0. The number of methoxy groups -OCH3 is 2. The lowest BCUT2D eigenvalue weighted by Gasteiger charge is -2.26. The first kappa shape index (κ1) is 20.6. The van der Waals surface area contributed by atoms with Gasteiger partial charge in [-0.25, -0.2) is 4.98 Å². The number of nitrogens with zero attached hydrogens (tertiary/aromatic N) is 3. The van der Waals surface area contributed by atoms with Crippen LogP contribution in [-0.4, -0.2) is 41.0 Å². The van der Waals surface area contributed by atoms with E-state index in [1.165, 1.54) is 0 Å². The van der Waals surface area contributed by atoms with Gasteiger partial charge < -0.3 is 14.4 Å². The van der Waals surface area contributed by atoms with Crippen molar-refractivity contribution >= 4 is 22.2 Å². The van der Waals surface area contributed by atoms with Crippen molar-refractivity contribution < 1.29 is 14.3 Å². The first-order valence-corrected chi connectivity index (χ1v) is 11.6. The third-order valence-electron chi connectivity index (χ3n) is 6.05. The minimum atomic E-state index is -0.00987. The van der Waals surface area contributed by atoms with E-state index in [0.717, 1.165) is 58.4 Å². The molecule has 6 nitrogen and oxygen atoms in total. The molecule has 2 aromatic heterocycles. The van der Waals surface area contributed by atoms with Crippen LogP contribution in [0.4, 0.5) is 0 Å². The van der Waals surface area contributed by atoms with Crippen molar-refractivity contribution in [3.8, 4) is 22.8 Å². The van der Waals surface area contributed by atoms with E-state index in [2.05, 4.69) is 0 Å². The summed E-state index contributed by atoms with van der Waals surface area (Å²) in [6.07, 6.45) is 4.25. The van der Waals surface area contributed by atoms with Gasteiger partial charge in [0.25, 0.3) is 0 Å². The number of thiazole rings is 1. The maximum Gasteiger partial charge on any atom is 0.229 e. The van der Waals surface area contributed by atoms with Crippen LogP contribution in [0.1, 0.15) is 30.1 Å². The number of hydrogen-bond acceptors (Lipinski definition) is 5. The third kappa shape index (κ3) is 3.73. The van der Waals surface area contributed by atoms with Gasteiger partial charge in [0.2, 0.25) is 5.91 Å². The van der Waals surface area contributed by atoms with Gasteiger partial charge in [-0.1, -0.05) is 30.3 Å². The monoisotopic (exact) mass is 447 g/mol. The maximum atomic E-state index is 13.4. The summed E-state index contributed by atoms with van der Waals surface area (Å²) >= 11 is 1.57. The molecule has 7 heteroatoms. The summed E-state index contributed by atoms with van der Waals surface area (Å²) in [5.41, 5.74) is 3.96. The summed E-state index contributed by atoms with van der Waals surface area (Å²) in [6, 6.07) is 15.9. The fraction of sp³-hybridized carbons (Fsp3) is 0.280. The number of amides is 1. The number of likely N-dealkylation sites (tertiary alicyclic amines) is 1. The zero-order valence-electron chi connectivity index (χ0n) is 18.2. The highest BCUT2D eigenvalue weighted by Crippen LogP contribution is 2.39. The Bertz CT molecular complexity index is 1250. The summed E-state index contributed by atoms with van der Waals surface area (Å²) < 4.78 is 13.0. The first-order valence-electron chi connectivity index (χ1n) is 10.7. The summed E-state index contributed by atoms with van der Waals surface area (Å²) in [7, 11) is 3.32. The van der Waals surface area contributed by atoms with Crippen LogP contribution < -0.4 is 9.47 Å². The van der Waals surface area contributed by atoms with Crippen LogP contribution in [0.2, 0.25) is 0 Å². The molecular formula is C25H25N3O3S. The van der Waals surface area contributed by atoms with Gasteiger partial charge in [-0.05, 0) is 31.0 Å². The van der Waals surface area contributed by atoms with E-state index < -0.39 is 0 Å². The van der Waals surface area contributed by atoms with E-state index in [0.29, 0.717) is 6.42 Å². The predicted octanol–water partition coefficient (Wildman–Crippen LogP) is 4.99. The average molecular weight is 448 g/mol. The molecule has 0 bridgehead atoms. The Morgan fingerprint density at radius 1 is 1.16 bits per heavy atom. The number of imidazole rings is 1. The van der Waals surface area contributed by atoms with Gasteiger partial charge in [-0.3, -0.25) is 9.20 Å². The van der Waals surface area contributed by atoms with Gasteiger partial charge >= 0.3 is 0 Å². The molecule has 0 saturated carbocycles.